The molecule has 0 fully saturated rings. The molecule has 21 heavy (non-hydrogen) atoms. The summed E-state index contributed by atoms with van der Waals surface area (Å²) >= 11 is 0. The van der Waals surface area contributed by atoms with Gasteiger partial charge in [-0.05, 0) is 18.6 Å². The van der Waals surface area contributed by atoms with Gasteiger partial charge in [0.25, 0.3) is 11.6 Å². The number of aromatic nitrogens is 1. The van der Waals surface area contributed by atoms with Crippen molar-refractivity contribution in [1.82, 2.24) is 10.6 Å². The van der Waals surface area contributed by atoms with Gasteiger partial charge in [0, 0.05) is 12.1 Å². The lowest BCUT2D eigenvalue weighted by atomic mass is 10.2. The standard InChI is InChI=1S/C12H12N4O5/c1-7-2-3-8(16(18)19)4-11(7)20-6-9-5-10(15-21-9)12(17)14-13/h2-5H,6,13H2,1H3,(H,14,17). The van der Waals surface area contributed by atoms with E-state index >= 15 is 0 Å². The average molecular weight is 292 g/mol. The normalized spacial score (nSPS) is 10.2. The fourth-order valence-electron chi connectivity index (χ4n) is 1.57. The lowest BCUT2D eigenvalue weighted by molar-refractivity contribution is -0.385. The molecule has 2 rings (SSSR count). The summed E-state index contributed by atoms with van der Waals surface area (Å²) in [6.07, 6.45) is 0. The summed E-state index contributed by atoms with van der Waals surface area (Å²) < 4.78 is 10.3. The van der Waals surface area contributed by atoms with E-state index in [1.165, 1.54) is 18.2 Å². The van der Waals surface area contributed by atoms with E-state index in [1.807, 2.05) is 5.43 Å². The van der Waals surface area contributed by atoms with Crippen LogP contribution in [0.15, 0.2) is 28.8 Å². The molecule has 0 saturated heterocycles. The maximum Gasteiger partial charge on any atom is 0.287 e. The second kappa shape index (κ2) is 6.01. The Morgan fingerprint density at radius 1 is 1.52 bits per heavy atom. The van der Waals surface area contributed by atoms with Gasteiger partial charge in [0.2, 0.25) is 0 Å². The van der Waals surface area contributed by atoms with Crippen LogP contribution in [0.2, 0.25) is 0 Å². The molecule has 0 bridgehead atoms. The third-order valence-corrected chi connectivity index (χ3v) is 2.68. The lowest BCUT2D eigenvalue weighted by Crippen LogP contribution is -2.30. The summed E-state index contributed by atoms with van der Waals surface area (Å²) in [7, 11) is 0. The molecule has 0 aliphatic heterocycles. The number of nitrogen functional groups attached to an aromatic ring is 1. The van der Waals surface area contributed by atoms with Crippen LogP contribution in [0.1, 0.15) is 21.8 Å². The topological polar surface area (TPSA) is 134 Å². The number of hydrazine groups is 1. The van der Waals surface area contributed by atoms with Gasteiger partial charge in [0.05, 0.1) is 11.0 Å². The van der Waals surface area contributed by atoms with Crippen LogP contribution in [0.4, 0.5) is 5.69 Å². The van der Waals surface area contributed by atoms with Crippen molar-refractivity contribution in [3.63, 3.8) is 0 Å². The molecule has 9 heteroatoms. The Kier molecular flexibility index (Phi) is 4.14. The molecule has 3 N–H and O–H groups in total. The number of nitrogens with one attached hydrogen (secondary N) is 1. The number of nitro groups is 1. The predicted octanol–water partition coefficient (Wildman–Crippen LogP) is 1.07. The lowest BCUT2D eigenvalue weighted by Gasteiger charge is -2.06. The minimum absolute atomic E-state index is 0.0202. The molecule has 0 unspecified atom stereocenters. The Morgan fingerprint density at radius 2 is 2.29 bits per heavy atom. The van der Waals surface area contributed by atoms with Crippen molar-refractivity contribution in [2.45, 2.75) is 13.5 Å². The summed E-state index contributed by atoms with van der Waals surface area (Å²) in [5.74, 6) is 5.02. The number of amides is 1. The Balaban J connectivity index is 2.09. The largest absolute Gasteiger partial charge is 0.485 e. The first-order valence-electron chi connectivity index (χ1n) is 5.85. The number of hydrogen-bond donors (Lipinski definition) is 2. The first-order valence-corrected chi connectivity index (χ1v) is 5.85. The van der Waals surface area contributed by atoms with Crippen molar-refractivity contribution < 1.29 is 19.0 Å². The van der Waals surface area contributed by atoms with Crippen molar-refractivity contribution in [2.75, 3.05) is 0 Å². The molecule has 1 aromatic heterocycles. The quantitative estimate of drug-likeness (QED) is 0.364. The van der Waals surface area contributed by atoms with Gasteiger partial charge < -0.3 is 9.26 Å². The molecule has 110 valence electrons. The van der Waals surface area contributed by atoms with Crippen molar-refractivity contribution in [3.05, 3.63) is 51.4 Å². The molecule has 1 amide bonds. The predicted molar refractivity (Wildman–Crippen MR) is 70.3 cm³/mol. The van der Waals surface area contributed by atoms with E-state index in [-0.39, 0.29) is 18.0 Å². The number of ether oxygens (including phenoxy) is 1. The van der Waals surface area contributed by atoms with Crippen LogP contribution in [-0.4, -0.2) is 16.0 Å². The van der Waals surface area contributed by atoms with Gasteiger partial charge in [-0.15, -0.1) is 0 Å². The fourth-order valence-corrected chi connectivity index (χ4v) is 1.57. The van der Waals surface area contributed by atoms with Gasteiger partial charge in [-0.1, -0.05) is 5.16 Å². The van der Waals surface area contributed by atoms with Gasteiger partial charge in [0.15, 0.2) is 11.5 Å². The van der Waals surface area contributed by atoms with E-state index in [9.17, 15) is 14.9 Å². The Labute approximate surface area is 118 Å². The van der Waals surface area contributed by atoms with Crippen LogP contribution in [-0.2, 0) is 6.61 Å². The third kappa shape index (κ3) is 3.34. The van der Waals surface area contributed by atoms with Gasteiger partial charge in [0.1, 0.15) is 12.4 Å². The van der Waals surface area contributed by atoms with Crippen LogP contribution in [0.25, 0.3) is 0 Å². The van der Waals surface area contributed by atoms with E-state index < -0.39 is 10.8 Å². The second-order valence-electron chi connectivity index (χ2n) is 4.15. The molecule has 0 aliphatic rings. The fraction of sp³-hybridized carbons (Fsp3) is 0.167. The van der Waals surface area contributed by atoms with E-state index in [0.29, 0.717) is 11.5 Å². The SMILES string of the molecule is Cc1ccc([N+](=O)[O-])cc1OCc1cc(C(=O)NN)no1. The smallest absolute Gasteiger partial charge is 0.287 e. The zero-order chi connectivity index (χ0) is 15.4. The number of nitrogens with zero attached hydrogens (tertiary/aromatic N) is 2. The first-order chi connectivity index (χ1) is 10.0. The number of benzene rings is 1. The van der Waals surface area contributed by atoms with Crippen LogP contribution in [0.5, 0.6) is 5.75 Å². The number of nitrogens with two attached hydrogens (primary N) is 1. The van der Waals surface area contributed by atoms with Crippen molar-refractivity contribution >= 4 is 11.6 Å². The van der Waals surface area contributed by atoms with Crippen LogP contribution < -0.4 is 16.0 Å². The first kappa shape index (κ1) is 14.5. The maximum atomic E-state index is 11.2. The number of carbonyl (C=O) groups is 1. The highest BCUT2D eigenvalue weighted by Gasteiger charge is 2.13. The molecule has 0 aliphatic carbocycles. The molecule has 9 nitrogen and oxygen atoms in total. The molecular weight excluding hydrogens is 280 g/mol. The van der Waals surface area contributed by atoms with E-state index in [2.05, 4.69) is 5.16 Å². The summed E-state index contributed by atoms with van der Waals surface area (Å²) in [4.78, 5) is 21.4. The van der Waals surface area contributed by atoms with Crippen molar-refractivity contribution in [2.24, 2.45) is 5.84 Å². The maximum absolute atomic E-state index is 11.2. The van der Waals surface area contributed by atoms with Crippen LogP contribution in [0.3, 0.4) is 0 Å². The zero-order valence-corrected chi connectivity index (χ0v) is 11.0. The summed E-state index contributed by atoms with van der Waals surface area (Å²) in [6.45, 7) is 1.74. The van der Waals surface area contributed by atoms with Gasteiger partial charge >= 0.3 is 0 Å². The zero-order valence-electron chi connectivity index (χ0n) is 11.0. The molecule has 0 saturated carbocycles. The summed E-state index contributed by atoms with van der Waals surface area (Å²) in [5, 5.41) is 14.2. The molecule has 2 aromatic rings. The van der Waals surface area contributed by atoms with E-state index in [1.54, 1.807) is 13.0 Å². The molecule has 0 radical (unpaired) electrons. The minimum atomic E-state index is -0.587. The number of hydrogen-bond acceptors (Lipinski definition) is 7. The highest BCUT2D eigenvalue weighted by molar-refractivity contribution is 5.91. The van der Waals surface area contributed by atoms with Crippen LogP contribution >= 0.6 is 0 Å². The molecule has 0 atom stereocenters. The Bertz CT molecular complexity index is 682. The van der Waals surface area contributed by atoms with Gasteiger partial charge in [-0.25, -0.2) is 5.84 Å². The van der Waals surface area contributed by atoms with Crippen molar-refractivity contribution in [1.29, 1.82) is 0 Å². The highest BCUT2D eigenvalue weighted by atomic mass is 16.6. The number of aryl methyl sites for hydroxylation is 1. The van der Waals surface area contributed by atoms with Gasteiger partial charge in [-0.3, -0.25) is 20.3 Å². The average Bonchev–Trinajstić information content (AvgIpc) is 2.94. The van der Waals surface area contributed by atoms with E-state index in [4.69, 9.17) is 15.1 Å². The molecule has 1 aromatic carbocycles. The summed E-state index contributed by atoms with van der Waals surface area (Å²) in [5.41, 5.74) is 2.60. The number of non-ortho nitro benzene ring substituents is 1. The number of rotatable bonds is 5. The third-order valence-electron chi connectivity index (χ3n) is 2.68. The monoisotopic (exact) mass is 292 g/mol. The molecular formula is C12H12N4O5. The minimum Gasteiger partial charge on any atom is -0.485 e. The second-order valence-corrected chi connectivity index (χ2v) is 4.15. The molecule has 1 heterocycles. The number of nitro benzene ring substituents is 1. The highest BCUT2D eigenvalue weighted by Crippen LogP contribution is 2.24. The van der Waals surface area contributed by atoms with Crippen molar-refractivity contribution in [3.8, 4) is 5.75 Å². The van der Waals surface area contributed by atoms with Crippen LogP contribution in [0, 0.1) is 17.0 Å². The van der Waals surface area contributed by atoms with Gasteiger partial charge in [-0.2, -0.15) is 0 Å². The Hall–Kier alpha value is -2.94. The molecule has 0 spiro atoms. The van der Waals surface area contributed by atoms with E-state index in [0.717, 1.165) is 5.56 Å². The summed E-state index contributed by atoms with van der Waals surface area (Å²) in [6, 6.07) is 5.66. The Morgan fingerprint density at radius 3 is 2.95 bits per heavy atom. The number of carbonyl (C=O) groups excluding carboxylic acids is 1.